The number of rotatable bonds is 4. The van der Waals surface area contributed by atoms with Gasteiger partial charge in [-0.2, -0.15) is 0 Å². The van der Waals surface area contributed by atoms with Crippen molar-refractivity contribution in [2.24, 2.45) is 0 Å². The molecule has 2 amide bonds. The third kappa shape index (κ3) is 4.56. The fourth-order valence-corrected chi connectivity index (χ4v) is 1.72. The topological polar surface area (TPSA) is 52.6 Å². The van der Waals surface area contributed by atoms with Crippen LogP contribution in [0, 0.1) is 17.7 Å². The molecule has 0 spiro atoms. The zero-order valence-electron chi connectivity index (χ0n) is 11.7. The van der Waals surface area contributed by atoms with Gasteiger partial charge >= 0.3 is 6.03 Å². The minimum absolute atomic E-state index is 0.107. The van der Waals surface area contributed by atoms with E-state index < -0.39 is 0 Å². The normalized spacial score (nSPS) is 9.60. The zero-order valence-corrected chi connectivity index (χ0v) is 11.7. The molecule has 0 radical (unpaired) electrons. The lowest BCUT2D eigenvalue weighted by atomic mass is 10.1. The Morgan fingerprint density at radius 3 is 2.70 bits per heavy atom. The van der Waals surface area contributed by atoms with Gasteiger partial charge in [0.05, 0.1) is 0 Å². The molecule has 1 aromatic carbocycles. The molecular weight excluding hydrogens is 259 g/mol. The van der Waals surface area contributed by atoms with E-state index in [1.807, 2.05) is 13.8 Å². The van der Waals surface area contributed by atoms with Gasteiger partial charge in [0.2, 0.25) is 0 Å². The van der Waals surface area contributed by atoms with Crippen LogP contribution in [-0.4, -0.2) is 35.7 Å². The van der Waals surface area contributed by atoms with Crippen LogP contribution in [0.2, 0.25) is 0 Å². The van der Waals surface area contributed by atoms with E-state index in [0.717, 1.165) is 0 Å². The number of carbonyl (C=O) groups is 1. The van der Waals surface area contributed by atoms with Gasteiger partial charge in [-0.05, 0) is 32.0 Å². The molecule has 1 aromatic rings. The number of aliphatic hydroxyl groups excluding tert-OH is 1. The van der Waals surface area contributed by atoms with Gasteiger partial charge in [0.1, 0.15) is 12.4 Å². The number of amides is 2. The summed E-state index contributed by atoms with van der Waals surface area (Å²) in [6.07, 6.45) is 0. The van der Waals surface area contributed by atoms with Crippen molar-refractivity contribution in [2.45, 2.75) is 20.4 Å². The summed E-state index contributed by atoms with van der Waals surface area (Å²) in [7, 11) is 0. The summed E-state index contributed by atoms with van der Waals surface area (Å²) in [4.78, 5) is 13.4. The Hall–Kier alpha value is -2.06. The Bertz CT molecular complexity index is 516. The molecule has 0 bridgehead atoms. The van der Waals surface area contributed by atoms with E-state index in [-0.39, 0.29) is 25.0 Å². The molecule has 0 atom stereocenters. The Kier molecular flexibility index (Phi) is 6.54. The number of carbonyl (C=O) groups excluding carboxylic acids is 1. The highest BCUT2D eigenvalue weighted by Crippen LogP contribution is 2.10. The van der Waals surface area contributed by atoms with Crippen LogP contribution < -0.4 is 5.32 Å². The second-order valence-electron chi connectivity index (χ2n) is 4.10. The third-order valence-electron chi connectivity index (χ3n) is 2.84. The van der Waals surface area contributed by atoms with Gasteiger partial charge < -0.3 is 15.3 Å². The van der Waals surface area contributed by atoms with Crippen LogP contribution in [0.4, 0.5) is 9.18 Å². The number of aliphatic hydroxyl groups is 1. The first-order valence-corrected chi connectivity index (χ1v) is 6.53. The fourth-order valence-electron chi connectivity index (χ4n) is 1.72. The Balaban J connectivity index is 2.74. The second-order valence-corrected chi connectivity index (χ2v) is 4.10. The van der Waals surface area contributed by atoms with Crippen molar-refractivity contribution in [2.75, 3.05) is 19.7 Å². The highest BCUT2D eigenvalue weighted by Gasteiger charge is 2.10. The van der Waals surface area contributed by atoms with E-state index in [1.54, 1.807) is 11.0 Å². The average molecular weight is 278 g/mol. The number of urea groups is 1. The molecule has 0 aliphatic carbocycles. The van der Waals surface area contributed by atoms with Gasteiger partial charge in [-0.15, -0.1) is 0 Å². The quantitative estimate of drug-likeness (QED) is 0.824. The molecule has 20 heavy (non-hydrogen) atoms. The van der Waals surface area contributed by atoms with E-state index in [9.17, 15) is 9.18 Å². The van der Waals surface area contributed by atoms with Crippen molar-refractivity contribution in [1.82, 2.24) is 10.2 Å². The molecule has 0 aromatic heterocycles. The maximum atomic E-state index is 13.6. The average Bonchev–Trinajstić information content (AvgIpc) is 2.46. The summed E-state index contributed by atoms with van der Waals surface area (Å²) < 4.78 is 13.6. The molecule has 0 unspecified atom stereocenters. The van der Waals surface area contributed by atoms with Crippen LogP contribution in [0.1, 0.15) is 25.0 Å². The summed E-state index contributed by atoms with van der Waals surface area (Å²) in [5.41, 5.74) is 0.975. The molecule has 0 fully saturated rings. The van der Waals surface area contributed by atoms with Gasteiger partial charge in [-0.1, -0.05) is 11.8 Å². The molecule has 108 valence electrons. The van der Waals surface area contributed by atoms with Gasteiger partial charge in [-0.3, -0.25) is 0 Å². The molecule has 0 aliphatic heterocycles. The van der Waals surface area contributed by atoms with Crippen molar-refractivity contribution in [1.29, 1.82) is 0 Å². The standard InChI is InChI=1S/C15H19FN2O2/c1-3-18(4-2)15(20)17-11-13-10-12(6-5-9-19)7-8-14(13)16/h7-8,10,19H,3-4,9,11H2,1-2H3,(H,17,20). The van der Waals surface area contributed by atoms with E-state index in [2.05, 4.69) is 17.2 Å². The Morgan fingerprint density at radius 1 is 1.40 bits per heavy atom. The molecule has 2 N–H and O–H groups in total. The van der Waals surface area contributed by atoms with Crippen molar-refractivity contribution >= 4 is 6.03 Å². The summed E-state index contributed by atoms with van der Waals surface area (Å²) >= 11 is 0. The number of hydrogen-bond donors (Lipinski definition) is 2. The largest absolute Gasteiger partial charge is 0.384 e. The molecular formula is C15H19FN2O2. The summed E-state index contributed by atoms with van der Waals surface area (Å²) in [6.45, 7) is 4.84. The number of benzene rings is 1. The molecule has 0 saturated carbocycles. The first-order chi connectivity index (χ1) is 9.62. The van der Waals surface area contributed by atoms with Crippen LogP contribution in [0.15, 0.2) is 18.2 Å². The van der Waals surface area contributed by atoms with Crippen LogP contribution in [0.3, 0.4) is 0 Å². The first kappa shape index (κ1) is 16.0. The van der Waals surface area contributed by atoms with E-state index >= 15 is 0 Å². The van der Waals surface area contributed by atoms with Crippen LogP contribution in [-0.2, 0) is 6.54 Å². The van der Waals surface area contributed by atoms with Crippen molar-refractivity contribution < 1.29 is 14.3 Å². The van der Waals surface area contributed by atoms with Crippen LogP contribution >= 0.6 is 0 Å². The predicted octanol–water partition coefficient (Wildman–Crippen LogP) is 1.72. The smallest absolute Gasteiger partial charge is 0.317 e. The summed E-state index contributed by atoms with van der Waals surface area (Å²) in [5.74, 6) is 4.82. The predicted molar refractivity (Wildman–Crippen MR) is 75.5 cm³/mol. The number of nitrogens with zero attached hydrogens (tertiary/aromatic N) is 1. The lowest BCUT2D eigenvalue weighted by molar-refractivity contribution is 0.202. The maximum Gasteiger partial charge on any atom is 0.317 e. The number of hydrogen-bond acceptors (Lipinski definition) is 2. The van der Waals surface area contributed by atoms with E-state index in [1.165, 1.54) is 12.1 Å². The Labute approximate surface area is 118 Å². The third-order valence-corrected chi connectivity index (χ3v) is 2.84. The molecule has 0 aliphatic rings. The minimum atomic E-state index is -0.389. The van der Waals surface area contributed by atoms with Crippen molar-refractivity contribution in [3.63, 3.8) is 0 Å². The minimum Gasteiger partial charge on any atom is -0.384 e. The molecule has 0 heterocycles. The molecule has 1 rings (SSSR count). The Morgan fingerprint density at radius 2 is 2.10 bits per heavy atom. The van der Waals surface area contributed by atoms with Gasteiger partial charge in [-0.25, -0.2) is 9.18 Å². The molecule has 5 heteroatoms. The zero-order chi connectivity index (χ0) is 15.0. The number of halogens is 1. The van der Waals surface area contributed by atoms with Crippen LogP contribution in [0.5, 0.6) is 0 Å². The van der Waals surface area contributed by atoms with Gasteiger partial charge in [0, 0.05) is 30.8 Å². The molecule has 4 nitrogen and oxygen atoms in total. The highest BCUT2D eigenvalue weighted by atomic mass is 19.1. The van der Waals surface area contributed by atoms with Crippen molar-refractivity contribution in [3.8, 4) is 11.8 Å². The maximum absolute atomic E-state index is 13.6. The summed E-state index contributed by atoms with van der Waals surface area (Å²) in [6, 6.07) is 4.19. The lowest BCUT2D eigenvalue weighted by Crippen LogP contribution is -2.39. The monoisotopic (exact) mass is 278 g/mol. The number of nitrogens with one attached hydrogen (secondary N) is 1. The van der Waals surface area contributed by atoms with E-state index in [4.69, 9.17) is 5.11 Å². The van der Waals surface area contributed by atoms with Gasteiger partial charge in [0.15, 0.2) is 0 Å². The van der Waals surface area contributed by atoms with Crippen molar-refractivity contribution in [3.05, 3.63) is 35.1 Å². The lowest BCUT2D eigenvalue weighted by Gasteiger charge is -2.19. The first-order valence-electron chi connectivity index (χ1n) is 6.53. The molecule has 0 saturated heterocycles. The van der Waals surface area contributed by atoms with E-state index in [0.29, 0.717) is 24.2 Å². The van der Waals surface area contributed by atoms with Crippen LogP contribution in [0.25, 0.3) is 0 Å². The fraction of sp³-hybridized carbons (Fsp3) is 0.400. The second kappa shape index (κ2) is 8.18. The summed E-state index contributed by atoms with van der Waals surface area (Å²) in [5, 5.41) is 11.3. The SMILES string of the molecule is CCN(CC)C(=O)NCc1cc(C#CCO)ccc1F. The highest BCUT2D eigenvalue weighted by molar-refractivity contribution is 5.74. The van der Waals surface area contributed by atoms with Gasteiger partial charge in [0.25, 0.3) is 0 Å².